The molecule has 26 heavy (non-hydrogen) atoms. The van der Waals surface area contributed by atoms with Crippen molar-refractivity contribution in [2.45, 2.75) is 83.0 Å². The maximum absolute atomic E-state index is 12.8. The Morgan fingerprint density at radius 2 is 1.73 bits per heavy atom. The summed E-state index contributed by atoms with van der Waals surface area (Å²) in [7, 11) is 0. The average Bonchev–Trinajstić information content (AvgIpc) is 2.91. The second-order valence-electron chi connectivity index (χ2n) is 7.53. The molecule has 0 aliphatic carbocycles. The SMILES string of the molecule is CC(C)(C)OC(=O)N1CCC[C@@H]1CCCSCCCC(F)(F)C(F)(F)F. The zero-order chi connectivity index (χ0) is 20.0. The van der Waals surface area contributed by atoms with Crippen molar-refractivity contribution in [2.75, 3.05) is 18.1 Å². The molecule has 1 aliphatic rings. The highest BCUT2D eigenvalue weighted by Gasteiger charge is 2.56. The Morgan fingerprint density at radius 3 is 2.31 bits per heavy atom. The summed E-state index contributed by atoms with van der Waals surface area (Å²) in [4.78, 5) is 13.9. The van der Waals surface area contributed by atoms with Crippen molar-refractivity contribution in [3.63, 3.8) is 0 Å². The van der Waals surface area contributed by atoms with E-state index in [1.807, 2.05) is 20.8 Å². The van der Waals surface area contributed by atoms with E-state index in [0.29, 0.717) is 12.3 Å². The summed E-state index contributed by atoms with van der Waals surface area (Å²) in [5.74, 6) is -3.66. The smallest absolute Gasteiger partial charge is 0.444 e. The van der Waals surface area contributed by atoms with E-state index in [2.05, 4.69) is 0 Å². The predicted molar refractivity (Wildman–Crippen MR) is 92.8 cm³/mol. The maximum Gasteiger partial charge on any atom is 0.453 e. The van der Waals surface area contributed by atoms with Crippen LogP contribution in [0, 0.1) is 0 Å². The number of likely N-dealkylation sites (tertiary alicyclic amines) is 1. The van der Waals surface area contributed by atoms with Crippen molar-refractivity contribution in [3.8, 4) is 0 Å². The summed E-state index contributed by atoms with van der Waals surface area (Å²) in [5, 5.41) is 0. The Bertz CT molecular complexity index is 451. The third-order valence-corrected chi connectivity index (χ3v) is 5.18. The van der Waals surface area contributed by atoms with Gasteiger partial charge in [-0.15, -0.1) is 0 Å². The Morgan fingerprint density at radius 1 is 1.12 bits per heavy atom. The standard InChI is InChI=1S/C17H28F5NO2S/c1-15(2,3)25-14(24)23-10-4-7-13(23)8-5-11-26-12-6-9-16(18,19)17(20,21)22/h13H,4-12H2,1-3H3/t13-/m1/s1. The van der Waals surface area contributed by atoms with Crippen LogP contribution in [0.25, 0.3) is 0 Å². The van der Waals surface area contributed by atoms with Crippen LogP contribution in [0.1, 0.15) is 59.3 Å². The van der Waals surface area contributed by atoms with Crippen molar-refractivity contribution >= 4 is 17.9 Å². The lowest BCUT2D eigenvalue weighted by Gasteiger charge is -2.28. The molecule has 154 valence electrons. The minimum absolute atomic E-state index is 0.111. The summed E-state index contributed by atoms with van der Waals surface area (Å²) in [5.41, 5.74) is -0.543. The first-order valence-corrected chi connectivity index (χ1v) is 10.0. The number of amides is 1. The van der Waals surface area contributed by atoms with Crippen LogP contribution < -0.4 is 0 Å². The van der Waals surface area contributed by atoms with E-state index in [0.717, 1.165) is 25.7 Å². The molecule has 0 N–H and O–H groups in total. The van der Waals surface area contributed by atoms with Gasteiger partial charge in [-0.05, 0) is 64.4 Å². The molecular weight excluding hydrogens is 377 g/mol. The number of carbonyl (C=O) groups is 1. The molecule has 0 aromatic carbocycles. The summed E-state index contributed by atoms with van der Waals surface area (Å²) in [6, 6.07) is 0.111. The molecule has 0 spiro atoms. The first-order chi connectivity index (χ1) is 11.8. The van der Waals surface area contributed by atoms with Crippen molar-refractivity contribution in [1.29, 1.82) is 0 Å². The normalized spacial score (nSPS) is 19.1. The fourth-order valence-electron chi connectivity index (χ4n) is 2.76. The van der Waals surface area contributed by atoms with E-state index in [1.54, 1.807) is 4.90 Å². The molecule has 9 heteroatoms. The van der Waals surface area contributed by atoms with Gasteiger partial charge < -0.3 is 9.64 Å². The molecule has 0 saturated carbocycles. The van der Waals surface area contributed by atoms with Gasteiger partial charge in [-0.3, -0.25) is 0 Å². The summed E-state index contributed by atoms with van der Waals surface area (Å²) < 4.78 is 67.0. The molecule has 1 atom stereocenters. The number of thioether (sulfide) groups is 1. The van der Waals surface area contributed by atoms with Crippen molar-refractivity contribution < 1.29 is 31.5 Å². The van der Waals surface area contributed by atoms with Crippen molar-refractivity contribution in [2.24, 2.45) is 0 Å². The lowest BCUT2D eigenvalue weighted by Crippen LogP contribution is -2.39. The van der Waals surface area contributed by atoms with Crippen LogP contribution in [0.15, 0.2) is 0 Å². The van der Waals surface area contributed by atoms with Gasteiger partial charge in [0.05, 0.1) is 0 Å². The highest BCUT2D eigenvalue weighted by molar-refractivity contribution is 7.99. The van der Waals surface area contributed by atoms with Gasteiger partial charge in [0.15, 0.2) is 0 Å². The van der Waals surface area contributed by atoms with Gasteiger partial charge in [0.2, 0.25) is 0 Å². The third kappa shape index (κ3) is 7.88. The number of halogens is 5. The van der Waals surface area contributed by atoms with Crippen LogP contribution in [0.5, 0.6) is 0 Å². The number of nitrogens with zero attached hydrogens (tertiary/aromatic N) is 1. The molecule has 0 bridgehead atoms. The van der Waals surface area contributed by atoms with Crippen LogP contribution in [0.2, 0.25) is 0 Å². The first kappa shape index (κ1) is 23.3. The fraction of sp³-hybridized carbons (Fsp3) is 0.941. The molecule has 0 unspecified atom stereocenters. The second-order valence-corrected chi connectivity index (χ2v) is 8.75. The van der Waals surface area contributed by atoms with Gasteiger partial charge in [0, 0.05) is 19.0 Å². The number of ether oxygens (including phenoxy) is 1. The van der Waals surface area contributed by atoms with E-state index >= 15 is 0 Å². The van der Waals surface area contributed by atoms with Crippen molar-refractivity contribution in [1.82, 2.24) is 4.90 Å². The number of alkyl halides is 5. The molecule has 0 radical (unpaired) electrons. The summed E-state index contributed by atoms with van der Waals surface area (Å²) >= 11 is 1.37. The van der Waals surface area contributed by atoms with E-state index in [4.69, 9.17) is 4.74 Å². The van der Waals surface area contributed by atoms with E-state index in [9.17, 15) is 26.7 Å². The fourth-order valence-corrected chi connectivity index (χ4v) is 3.68. The molecule has 0 aromatic heterocycles. The van der Waals surface area contributed by atoms with Gasteiger partial charge >= 0.3 is 18.2 Å². The minimum Gasteiger partial charge on any atom is -0.444 e. The molecule has 0 aromatic rings. The van der Waals surface area contributed by atoms with Gasteiger partial charge in [0.1, 0.15) is 5.60 Å². The number of hydrogen-bond acceptors (Lipinski definition) is 3. The number of hydrogen-bond donors (Lipinski definition) is 0. The molecule has 1 fully saturated rings. The highest BCUT2D eigenvalue weighted by atomic mass is 32.2. The Balaban J connectivity index is 2.20. The van der Waals surface area contributed by atoms with Crippen molar-refractivity contribution in [3.05, 3.63) is 0 Å². The van der Waals surface area contributed by atoms with Crippen LogP contribution >= 0.6 is 11.8 Å². The maximum atomic E-state index is 12.8. The van der Waals surface area contributed by atoms with E-state index < -0.39 is 24.1 Å². The monoisotopic (exact) mass is 405 g/mol. The largest absolute Gasteiger partial charge is 0.453 e. The molecule has 1 aliphatic heterocycles. The number of rotatable bonds is 8. The molecule has 1 amide bonds. The first-order valence-electron chi connectivity index (χ1n) is 8.85. The summed E-state index contributed by atoms with van der Waals surface area (Å²) in [6.07, 6.45) is -3.74. The third-order valence-electron chi connectivity index (χ3n) is 4.03. The quantitative estimate of drug-likeness (QED) is 0.373. The van der Waals surface area contributed by atoms with Gasteiger partial charge in [-0.2, -0.15) is 33.7 Å². The molecular formula is C17H28F5NO2S. The van der Waals surface area contributed by atoms with E-state index in [1.165, 1.54) is 11.8 Å². The Hall–Kier alpha value is -0.730. The topological polar surface area (TPSA) is 29.5 Å². The molecule has 1 saturated heterocycles. The van der Waals surface area contributed by atoms with Crippen LogP contribution in [-0.4, -0.2) is 52.8 Å². The van der Waals surface area contributed by atoms with E-state index in [-0.39, 0.29) is 24.3 Å². The van der Waals surface area contributed by atoms with Gasteiger partial charge in [-0.1, -0.05) is 0 Å². The van der Waals surface area contributed by atoms with Crippen LogP contribution in [0.4, 0.5) is 26.7 Å². The highest BCUT2D eigenvalue weighted by Crippen LogP contribution is 2.39. The lowest BCUT2D eigenvalue weighted by atomic mass is 10.1. The number of carbonyl (C=O) groups excluding carboxylic acids is 1. The predicted octanol–water partition coefficient (Wildman–Crippen LogP) is 5.88. The van der Waals surface area contributed by atoms with Crippen LogP contribution in [0.3, 0.4) is 0 Å². The van der Waals surface area contributed by atoms with Gasteiger partial charge in [0.25, 0.3) is 0 Å². The second kappa shape index (κ2) is 9.46. The lowest BCUT2D eigenvalue weighted by molar-refractivity contribution is -0.284. The van der Waals surface area contributed by atoms with Gasteiger partial charge in [-0.25, -0.2) is 4.79 Å². The zero-order valence-corrected chi connectivity index (χ0v) is 16.3. The summed E-state index contributed by atoms with van der Waals surface area (Å²) in [6.45, 7) is 6.11. The molecule has 3 nitrogen and oxygen atoms in total. The zero-order valence-electron chi connectivity index (χ0n) is 15.5. The Kier molecular flexibility index (Phi) is 8.48. The van der Waals surface area contributed by atoms with Crippen LogP contribution in [-0.2, 0) is 4.74 Å². The Labute approximate surface area is 156 Å². The molecule has 1 heterocycles. The molecule has 1 rings (SSSR count). The minimum atomic E-state index is -5.47. The average molecular weight is 405 g/mol.